The molecular weight excluding hydrogens is 267 g/mol. The van der Waals surface area contributed by atoms with E-state index in [1.165, 1.54) is 12.1 Å². The van der Waals surface area contributed by atoms with Crippen LogP contribution in [0.2, 0.25) is 0 Å². The van der Waals surface area contributed by atoms with Crippen LogP contribution in [0.25, 0.3) is 33.5 Å². The summed E-state index contributed by atoms with van der Waals surface area (Å²) in [6.07, 6.45) is 1.90. The molecule has 0 aliphatic heterocycles. The lowest BCUT2D eigenvalue weighted by atomic mass is 10.1. The molecule has 4 rings (SSSR count). The van der Waals surface area contributed by atoms with E-state index in [9.17, 15) is 4.39 Å². The summed E-state index contributed by atoms with van der Waals surface area (Å²) in [4.78, 5) is 3.21. The zero-order valence-electron chi connectivity index (χ0n) is 11.0. The average molecular weight is 278 g/mol. The molecule has 0 atom stereocenters. The molecule has 2 aromatic heterocycles. The van der Waals surface area contributed by atoms with Gasteiger partial charge in [-0.25, -0.2) is 4.39 Å². The molecule has 0 radical (unpaired) electrons. The lowest BCUT2D eigenvalue weighted by molar-refractivity contribution is 0.435. The number of fused-ring (bicyclic) bond motifs is 1. The van der Waals surface area contributed by atoms with Crippen LogP contribution in [0.3, 0.4) is 0 Å². The van der Waals surface area contributed by atoms with Crippen LogP contribution in [-0.2, 0) is 0 Å². The summed E-state index contributed by atoms with van der Waals surface area (Å²) in [5, 5.41) is 5.15. The zero-order chi connectivity index (χ0) is 14.2. The van der Waals surface area contributed by atoms with Crippen LogP contribution in [-0.4, -0.2) is 10.1 Å². The summed E-state index contributed by atoms with van der Waals surface area (Å²) < 4.78 is 18.4. The minimum atomic E-state index is -0.265. The van der Waals surface area contributed by atoms with Crippen LogP contribution in [0.4, 0.5) is 4.39 Å². The Balaban J connectivity index is 1.79. The van der Waals surface area contributed by atoms with Crippen molar-refractivity contribution in [3.05, 3.63) is 66.6 Å². The molecule has 0 spiro atoms. The predicted molar refractivity (Wildman–Crippen MR) is 79.2 cm³/mol. The summed E-state index contributed by atoms with van der Waals surface area (Å²) >= 11 is 0. The van der Waals surface area contributed by atoms with Gasteiger partial charge in [-0.05, 0) is 30.3 Å². The van der Waals surface area contributed by atoms with Crippen molar-refractivity contribution in [3.63, 3.8) is 0 Å². The van der Waals surface area contributed by atoms with Crippen LogP contribution in [0.15, 0.2) is 65.3 Å². The largest absolute Gasteiger partial charge is 0.360 e. The number of nitrogens with one attached hydrogen (secondary N) is 1. The standard InChI is InChI=1S/C17H11FN2O/c18-12-7-5-11(6-8-12)16-9-17(21-20-16)14-10-19-15-4-2-1-3-13(14)15/h1-10,19H. The van der Waals surface area contributed by atoms with Crippen molar-refractivity contribution in [3.8, 4) is 22.6 Å². The Kier molecular flexibility index (Phi) is 2.60. The van der Waals surface area contributed by atoms with Crippen LogP contribution in [0.5, 0.6) is 0 Å². The Hall–Kier alpha value is -2.88. The SMILES string of the molecule is Fc1ccc(-c2cc(-c3c[nH]c4ccccc34)on2)cc1. The molecule has 0 saturated heterocycles. The van der Waals surface area contributed by atoms with Crippen LogP contribution in [0, 0.1) is 5.82 Å². The third-order valence-corrected chi connectivity index (χ3v) is 3.50. The fourth-order valence-corrected chi connectivity index (χ4v) is 2.43. The first-order chi connectivity index (χ1) is 10.3. The van der Waals surface area contributed by atoms with Crippen LogP contribution < -0.4 is 0 Å². The Bertz CT molecular complexity index is 906. The van der Waals surface area contributed by atoms with Crippen LogP contribution >= 0.6 is 0 Å². The number of benzene rings is 2. The zero-order valence-corrected chi connectivity index (χ0v) is 11.0. The van der Waals surface area contributed by atoms with E-state index in [2.05, 4.69) is 10.1 Å². The van der Waals surface area contributed by atoms with Gasteiger partial charge in [0.05, 0.1) is 0 Å². The van der Waals surface area contributed by atoms with Crippen molar-refractivity contribution in [1.29, 1.82) is 0 Å². The maximum atomic E-state index is 13.0. The molecule has 0 fully saturated rings. The number of H-pyrrole nitrogens is 1. The molecule has 102 valence electrons. The fourth-order valence-electron chi connectivity index (χ4n) is 2.43. The molecule has 3 nitrogen and oxygen atoms in total. The number of hydrogen-bond acceptors (Lipinski definition) is 2. The van der Waals surface area contributed by atoms with Gasteiger partial charge in [-0.2, -0.15) is 0 Å². The highest BCUT2D eigenvalue weighted by Crippen LogP contribution is 2.31. The average Bonchev–Trinajstić information content (AvgIpc) is 3.14. The van der Waals surface area contributed by atoms with Gasteiger partial charge in [0.1, 0.15) is 11.5 Å². The number of hydrogen-bond donors (Lipinski definition) is 1. The maximum absolute atomic E-state index is 13.0. The van der Waals surface area contributed by atoms with Crippen molar-refractivity contribution in [2.45, 2.75) is 0 Å². The predicted octanol–water partition coefficient (Wildman–Crippen LogP) is 4.63. The highest BCUT2D eigenvalue weighted by Gasteiger charge is 2.12. The highest BCUT2D eigenvalue weighted by molar-refractivity contribution is 5.94. The molecule has 2 heterocycles. The van der Waals surface area contributed by atoms with Crippen molar-refractivity contribution in [1.82, 2.24) is 10.1 Å². The molecule has 0 amide bonds. The summed E-state index contributed by atoms with van der Waals surface area (Å²) in [6.45, 7) is 0. The van der Waals surface area contributed by atoms with Crippen molar-refractivity contribution in [2.75, 3.05) is 0 Å². The second kappa shape index (κ2) is 4.59. The van der Waals surface area contributed by atoms with Gasteiger partial charge in [0.2, 0.25) is 0 Å². The number of para-hydroxylation sites is 1. The van der Waals surface area contributed by atoms with Gasteiger partial charge >= 0.3 is 0 Å². The maximum Gasteiger partial charge on any atom is 0.169 e. The molecule has 4 heteroatoms. The Labute approximate surface area is 120 Å². The Morgan fingerprint density at radius 2 is 1.81 bits per heavy atom. The van der Waals surface area contributed by atoms with Gasteiger partial charge in [0, 0.05) is 34.3 Å². The van der Waals surface area contributed by atoms with E-state index in [0.29, 0.717) is 11.5 Å². The smallest absolute Gasteiger partial charge is 0.169 e. The van der Waals surface area contributed by atoms with Gasteiger partial charge < -0.3 is 9.51 Å². The Morgan fingerprint density at radius 3 is 2.67 bits per heavy atom. The van der Waals surface area contributed by atoms with E-state index in [0.717, 1.165) is 22.0 Å². The molecule has 0 unspecified atom stereocenters. The van der Waals surface area contributed by atoms with Crippen molar-refractivity contribution < 1.29 is 8.91 Å². The van der Waals surface area contributed by atoms with Crippen LogP contribution in [0.1, 0.15) is 0 Å². The van der Waals surface area contributed by atoms with Gasteiger partial charge in [0.15, 0.2) is 5.76 Å². The number of rotatable bonds is 2. The lowest BCUT2D eigenvalue weighted by Crippen LogP contribution is -1.77. The van der Waals surface area contributed by atoms with E-state index in [1.54, 1.807) is 12.1 Å². The van der Waals surface area contributed by atoms with Gasteiger partial charge in [-0.1, -0.05) is 23.4 Å². The second-order valence-corrected chi connectivity index (χ2v) is 4.83. The molecule has 0 aliphatic carbocycles. The molecule has 4 aromatic rings. The first-order valence-electron chi connectivity index (χ1n) is 6.60. The fraction of sp³-hybridized carbons (Fsp3) is 0. The summed E-state index contributed by atoms with van der Waals surface area (Å²) in [5.74, 6) is 0.422. The van der Waals surface area contributed by atoms with Gasteiger partial charge in [-0.15, -0.1) is 0 Å². The normalized spacial score (nSPS) is 11.1. The van der Waals surface area contributed by atoms with Gasteiger partial charge in [-0.3, -0.25) is 0 Å². The van der Waals surface area contributed by atoms with E-state index in [4.69, 9.17) is 4.52 Å². The molecular formula is C17H11FN2O. The molecule has 0 aliphatic rings. The number of aromatic nitrogens is 2. The van der Waals surface area contributed by atoms with Gasteiger partial charge in [0.25, 0.3) is 0 Å². The molecule has 21 heavy (non-hydrogen) atoms. The number of aromatic amines is 1. The monoisotopic (exact) mass is 278 g/mol. The van der Waals surface area contributed by atoms with E-state index < -0.39 is 0 Å². The minimum absolute atomic E-state index is 0.265. The first-order valence-corrected chi connectivity index (χ1v) is 6.60. The highest BCUT2D eigenvalue weighted by atomic mass is 19.1. The molecule has 0 bridgehead atoms. The topological polar surface area (TPSA) is 41.8 Å². The summed E-state index contributed by atoms with van der Waals surface area (Å²) in [7, 11) is 0. The third kappa shape index (κ3) is 2.01. The molecule has 0 saturated carbocycles. The van der Waals surface area contributed by atoms with E-state index in [1.807, 2.05) is 36.5 Å². The van der Waals surface area contributed by atoms with Crippen molar-refractivity contribution in [2.24, 2.45) is 0 Å². The Morgan fingerprint density at radius 1 is 1.00 bits per heavy atom. The minimum Gasteiger partial charge on any atom is -0.360 e. The van der Waals surface area contributed by atoms with E-state index >= 15 is 0 Å². The molecule has 2 aromatic carbocycles. The summed E-state index contributed by atoms with van der Waals surface area (Å²) in [5.41, 5.74) is 3.53. The second-order valence-electron chi connectivity index (χ2n) is 4.83. The summed E-state index contributed by atoms with van der Waals surface area (Å²) in [6, 6.07) is 16.1. The quantitative estimate of drug-likeness (QED) is 0.581. The van der Waals surface area contributed by atoms with E-state index in [-0.39, 0.29) is 5.82 Å². The lowest BCUT2D eigenvalue weighted by Gasteiger charge is -1.93. The number of halogens is 1. The first kappa shape index (κ1) is 11.9. The molecule has 1 N–H and O–H groups in total. The van der Waals surface area contributed by atoms with Crippen molar-refractivity contribution >= 4 is 10.9 Å². The number of nitrogens with zero attached hydrogens (tertiary/aromatic N) is 1. The third-order valence-electron chi connectivity index (χ3n) is 3.50.